The van der Waals surface area contributed by atoms with Crippen LogP contribution in [0.1, 0.15) is 30.5 Å². The Hall–Kier alpha value is 0.240. The summed E-state index contributed by atoms with van der Waals surface area (Å²) in [6.45, 7) is 3.84. The second kappa shape index (κ2) is 7.70. The van der Waals surface area contributed by atoms with Gasteiger partial charge in [-0.05, 0) is 58.2 Å². The molecule has 1 aromatic carbocycles. The molecule has 2 aromatic rings. The van der Waals surface area contributed by atoms with Crippen LogP contribution in [0.25, 0.3) is 5.69 Å². The third-order valence-electron chi connectivity index (χ3n) is 4.15. The van der Waals surface area contributed by atoms with Crippen molar-refractivity contribution in [1.82, 2.24) is 9.78 Å². The maximum atomic E-state index is 15.8. The minimum Gasteiger partial charge on any atom is -0.240 e. The Bertz CT molecular complexity index is 701. The predicted octanol–water partition coefficient (Wildman–Crippen LogP) is 5.47. The fourth-order valence-corrected chi connectivity index (χ4v) is 5.65. The molecule has 1 heterocycles. The molecule has 138 valence electrons. The molecule has 0 radical (unpaired) electrons. The van der Waals surface area contributed by atoms with Crippen molar-refractivity contribution in [3.05, 3.63) is 47.3 Å². The number of benzene rings is 1. The largest absolute Gasteiger partial charge is 0.240 e. The van der Waals surface area contributed by atoms with Gasteiger partial charge in [0, 0.05) is 12.4 Å². The molecule has 25 heavy (non-hydrogen) atoms. The Morgan fingerprint density at radius 2 is 1.60 bits per heavy atom. The normalized spacial score (nSPS) is 17.2. The third kappa shape index (κ3) is 3.93. The molecular formula is C16H21F3IN2P3. The van der Waals surface area contributed by atoms with Crippen molar-refractivity contribution in [3.63, 3.8) is 0 Å². The van der Waals surface area contributed by atoms with Crippen molar-refractivity contribution in [1.29, 1.82) is 0 Å². The summed E-state index contributed by atoms with van der Waals surface area (Å²) < 4.78 is 44.5. The fraction of sp³-hybridized carbons (Fsp3) is 0.438. The highest BCUT2D eigenvalue weighted by atomic mass is 127. The second-order valence-electron chi connectivity index (χ2n) is 5.85. The number of rotatable bonds is 6. The van der Waals surface area contributed by atoms with E-state index in [-0.39, 0.29) is 5.56 Å². The molecule has 9 heteroatoms. The summed E-state index contributed by atoms with van der Waals surface area (Å²) in [4.78, 5) is 0. The first-order valence-electron chi connectivity index (χ1n) is 7.75. The molecule has 0 fully saturated rings. The van der Waals surface area contributed by atoms with Crippen LogP contribution in [-0.2, 0) is 18.5 Å². The van der Waals surface area contributed by atoms with E-state index in [1.165, 1.54) is 34.7 Å². The Morgan fingerprint density at radius 1 is 1.08 bits per heavy atom. The summed E-state index contributed by atoms with van der Waals surface area (Å²) in [5.74, 6) is 0. The fourth-order valence-electron chi connectivity index (χ4n) is 2.86. The number of aryl methyl sites for hydroxylation is 2. The number of hydrogen-bond acceptors (Lipinski definition) is 1. The van der Waals surface area contributed by atoms with Gasteiger partial charge in [-0.25, -0.2) is 17.9 Å². The molecule has 5 atom stereocenters. The average Bonchev–Trinajstić information content (AvgIpc) is 3.04. The molecule has 0 spiro atoms. The van der Waals surface area contributed by atoms with E-state index in [0.29, 0.717) is 12.8 Å². The highest BCUT2D eigenvalue weighted by Crippen LogP contribution is 2.61. The predicted molar refractivity (Wildman–Crippen MR) is 116 cm³/mol. The number of nitrogens with zero attached hydrogens (tertiary/aromatic N) is 2. The van der Waals surface area contributed by atoms with Gasteiger partial charge in [-0.1, -0.05) is 53.7 Å². The second-order valence-corrected chi connectivity index (χ2v) is 11.7. The first-order chi connectivity index (χ1) is 11.5. The van der Waals surface area contributed by atoms with E-state index in [1.54, 1.807) is 50.9 Å². The molecule has 0 aliphatic heterocycles. The molecule has 0 N–H and O–H groups in total. The van der Waals surface area contributed by atoms with Crippen LogP contribution < -0.4 is 0 Å². The lowest BCUT2D eigenvalue weighted by molar-refractivity contribution is 0.0236. The SMILES string of the molecule is CCc1cc(C(F)(C(F)(P)P)C(F)(P)I)cc(CC)c1-n1cccn1. The zero-order valence-corrected chi connectivity index (χ0v) is 19.6. The van der Waals surface area contributed by atoms with Crippen LogP contribution in [0, 0.1) is 0 Å². The van der Waals surface area contributed by atoms with Crippen LogP contribution in [0.15, 0.2) is 30.6 Å². The van der Waals surface area contributed by atoms with Gasteiger partial charge in [-0.15, -0.1) is 0 Å². The Labute approximate surface area is 166 Å². The maximum absolute atomic E-state index is 15.8. The van der Waals surface area contributed by atoms with Gasteiger partial charge in [0.1, 0.15) is 0 Å². The lowest BCUT2D eigenvalue weighted by Crippen LogP contribution is -2.47. The number of aromatic nitrogens is 2. The highest BCUT2D eigenvalue weighted by molar-refractivity contribution is 14.1. The van der Waals surface area contributed by atoms with Crippen LogP contribution in [-0.4, -0.2) is 18.3 Å². The van der Waals surface area contributed by atoms with Crippen molar-refractivity contribution in [2.75, 3.05) is 0 Å². The van der Waals surface area contributed by atoms with Crippen LogP contribution in [0.3, 0.4) is 0 Å². The lowest BCUT2D eigenvalue weighted by atomic mass is 9.90. The standard InChI is InChI=1S/C16H21F3IN2P3/c1-3-10-8-12(14(17,15(18,20)23)16(19,24)25)9-11(4-2)13(10)22-7-5-6-21-22/h5-9H,3-4,23-25H2,1-2H3. The molecule has 5 unspecified atom stereocenters. The molecule has 0 aliphatic carbocycles. The van der Waals surface area contributed by atoms with Crippen molar-refractivity contribution >= 4 is 50.3 Å². The van der Waals surface area contributed by atoms with E-state index in [9.17, 15) is 8.78 Å². The summed E-state index contributed by atoms with van der Waals surface area (Å²) in [6.07, 6.45) is 4.62. The lowest BCUT2D eigenvalue weighted by Gasteiger charge is -2.40. The van der Waals surface area contributed by atoms with E-state index in [4.69, 9.17) is 0 Å². The minimum absolute atomic E-state index is 0.0310. The molecular weight excluding hydrogens is 497 g/mol. The zero-order chi connectivity index (χ0) is 19.0. The molecule has 1 aromatic heterocycles. The minimum atomic E-state index is -2.89. The van der Waals surface area contributed by atoms with Gasteiger partial charge >= 0.3 is 0 Å². The average molecular weight is 518 g/mol. The summed E-state index contributed by atoms with van der Waals surface area (Å²) in [7, 11) is 5.30. The highest BCUT2D eigenvalue weighted by Gasteiger charge is 2.61. The summed E-state index contributed by atoms with van der Waals surface area (Å²) in [5, 5.41) is 1.68. The Kier molecular flexibility index (Phi) is 6.63. The van der Waals surface area contributed by atoms with E-state index >= 15 is 4.39 Å². The van der Waals surface area contributed by atoms with Crippen LogP contribution in [0.2, 0.25) is 0 Å². The van der Waals surface area contributed by atoms with E-state index in [2.05, 4.69) is 5.10 Å². The number of hydrogen-bond donors (Lipinski definition) is 0. The van der Waals surface area contributed by atoms with Crippen LogP contribution in [0.5, 0.6) is 0 Å². The van der Waals surface area contributed by atoms with Gasteiger partial charge in [0.05, 0.1) is 5.69 Å². The maximum Gasteiger partial charge on any atom is 0.222 e. The van der Waals surface area contributed by atoms with Gasteiger partial charge in [-0.2, -0.15) is 5.10 Å². The van der Waals surface area contributed by atoms with Gasteiger partial charge in [-0.3, -0.25) is 0 Å². The molecule has 0 aliphatic rings. The monoisotopic (exact) mass is 518 g/mol. The zero-order valence-electron chi connectivity index (χ0n) is 13.9. The van der Waals surface area contributed by atoms with Crippen molar-refractivity contribution in [2.24, 2.45) is 0 Å². The van der Waals surface area contributed by atoms with Gasteiger partial charge in [0.2, 0.25) is 9.09 Å². The van der Waals surface area contributed by atoms with Gasteiger partial charge in [0.15, 0.2) is 5.15 Å². The number of halogens is 4. The van der Waals surface area contributed by atoms with Gasteiger partial charge in [0.25, 0.3) is 0 Å². The van der Waals surface area contributed by atoms with Crippen LogP contribution >= 0.6 is 50.3 Å². The van der Waals surface area contributed by atoms with Crippen molar-refractivity contribution in [3.8, 4) is 5.69 Å². The van der Waals surface area contributed by atoms with E-state index in [0.717, 1.165) is 16.8 Å². The topological polar surface area (TPSA) is 17.8 Å². The molecule has 0 amide bonds. The molecule has 2 nitrogen and oxygen atoms in total. The molecule has 0 bridgehead atoms. The first kappa shape index (κ1) is 21.5. The number of alkyl halides is 4. The first-order valence-corrected chi connectivity index (χ1v) is 10.6. The molecule has 0 saturated heterocycles. The van der Waals surface area contributed by atoms with Crippen molar-refractivity contribution < 1.29 is 13.2 Å². The Balaban J connectivity index is 2.80. The Morgan fingerprint density at radius 3 is 1.92 bits per heavy atom. The van der Waals surface area contributed by atoms with Gasteiger partial charge < -0.3 is 0 Å². The van der Waals surface area contributed by atoms with Crippen LogP contribution in [0.4, 0.5) is 13.2 Å². The summed E-state index contributed by atoms with van der Waals surface area (Å²) >= 11 is 1.29. The molecule has 2 rings (SSSR count). The quantitative estimate of drug-likeness (QED) is 0.282. The summed E-state index contributed by atoms with van der Waals surface area (Å²) in [6, 6.07) is 4.87. The molecule has 0 saturated carbocycles. The van der Waals surface area contributed by atoms with Crippen molar-refractivity contribution in [2.45, 2.75) is 40.9 Å². The van der Waals surface area contributed by atoms with E-state index in [1.807, 2.05) is 13.8 Å². The third-order valence-corrected chi connectivity index (χ3v) is 6.08. The van der Waals surface area contributed by atoms with E-state index < -0.39 is 14.2 Å². The smallest absolute Gasteiger partial charge is 0.222 e. The summed E-state index contributed by atoms with van der Waals surface area (Å²) in [5.41, 5.74) is -0.525.